The van der Waals surface area contributed by atoms with Gasteiger partial charge in [0.15, 0.2) is 14.0 Å². The van der Waals surface area contributed by atoms with E-state index in [2.05, 4.69) is 56.8 Å². The van der Waals surface area contributed by atoms with E-state index in [1.807, 2.05) is 60.7 Å². The number of fused-ring (bicyclic) bond motifs is 2. The van der Waals surface area contributed by atoms with E-state index < -0.39 is 37.9 Å². The molecule has 8 nitrogen and oxygen atoms in total. The Morgan fingerprint density at radius 3 is 1.59 bits per heavy atom. The summed E-state index contributed by atoms with van der Waals surface area (Å²) in [5, 5.41) is 3.88. The number of carbonyl (C=O) groups is 1. The quantitative estimate of drug-likeness (QED) is 0.0432. The highest BCUT2D eigenvalue weighted by molar-refractivity contribution is 6.75. The lowest BCUT2D eigenvalue weighted by molar-refractivity contribution is 0.0849. The normalized spacial score (nSPS) is 15.9. The Balaban J connectivity index is 0.000000172. The smallest absolute Gasteiger partial charge is 0.220 e. The highest BCUT2D eigenvalue weighted by Crippen LogP contribution is 2.40. The van der Waals surface area contributed by atoms with Crippen LogP contribution >= 0.6 is 0 Å². The predicted octanol–water partition coefficient (Wildman–Crippen LogP) is 11.6. The fourth-order valence-corrected chi connectivity index (χ4v) is 6.86. The summed E-state index contributed by atoms with van der Waals surface area (Å²) in [6.45, 7) is 16.9. The summed E-state index contributed by atoms with van der Waals surface area (Å²) in [5.41, 5.74) is 3.09. The summed E-state index contributed by atoms with van der Waals surface area (Å²) in [7, 11) is -1.21. The molecular formula is C46H37F4N5O3Si. The molecule has 2 aromatic heterocycles. The lowest BCUT2D eigenvalue weighted by Crippen LogP contribution is -2.21. The van der Waals surface area contributed by atoms with Crippen molar-refractivity contribution in [3.8, 4) is 33.8 Å². The molecule has 6 aromatic rings. The number of nitrogens with zero attached hydrogens (tertiary/aromatic N) is 5. The minimum Gasteiger partial charge on any atom is -0.485 e. The van der Waals surface area contributed by atoms with Gasteiger partial charge < -0.3 is 9.47 Å². The highest BCUT2D eigenvalue weighted by atomic mass is 28.3. The standard InChI is InChI=1S/C21H13F2N3O.C20H13F2NO2.C5H11NSi/c1-24-26-18-12-19(13-6-3-2-4-7-13)27-20-11-17(22)15(10-16(18)20)14-8-5-9-25-21(14)23;21-16-10-19-15(9-14(16)13-7-4-8-23-20(13)22)17(24)11-18(25-19)12-5-2-1-3-6-12;1-5-6-7(2,3)4/h2-11,19H,12H2;1-10,18H,11H2;1H2,2-4H3/b26-18-;;. The first-order valence-electron chi connectivity index (χ1n) is 18.4. The summed E-state index contributed by atoms with van der Waals surface area (Å²) in [6.07, 6.45) is 2.26. The number of hydrogen-bond donors (Lipinski definition) is 0. The first kappa shape index (κ1) is 41.6. The van der Waals surface area contributed by atoms with E-state index in [4.69, 9.17) is 16.0 Å². The van der Waals surface area contributed by atoms with E-state index in [-0.39, 0.29) is 57.6 Å². The third-order valence-electron chi connectivity index (χ3n) is 9.06. The molecule has 8 rings (SSSR count). The zero-order valence-corrected chi connectivity index (χ0v) is 33.3. The summed E-state index contributed by atoms with van der Waals surface area (Å²) in [6, 6.07) is 29.9. The van der Waals surface area contributed by atoms with Gasteiger partial charge in [0.05, 0.1) is 17.1 Å². The van der Waals surface area contributed by atoms with Crippen molar-refractivity contribution in [2.24, 2.45) is 9.76 Å². The second-order valence-electron chi connectivity index (χ2n) is 14.3. The lowest BCUT2D eigenvalue weighted by atomic mass is 9.93. The molecule has 4 aromatic carbocycles. The lowest BCUT2D eigenvalue weighted by Gasteiger charge is -2.27. The van der Waals surface area contributed by atoms with Crippen LogP contribution in [0.2, 0.25) is 19.6 Å². The molecule has 59 heavy (non-hydrogen) atoms. The van der Waals surface area contributed by atoms with Crippen molar-refractivity contribution < 1.29 is 31.8 Å². The topological polar surface area (TPSA) is 90.4 Å². The Bertz CT molecular complexity index is 2610. The molecule has 0 saturated carbocycles. The average Bonchev–Trinajstić information content (AvgIpc) is 3.22. The maximum absolute atomic E-state index is 14.7. The van der Waals surface area contributed by atoms with E-state index in [0.717, 1.165) is 17.2 Å². The number of ether oxygens (including phenoxy) is 2. The fourth-order valence-electron chi connectivity index (χ4n) is 6.39. The second kappa shape index (κ2) is 18.5. The first-order valence-corrected chi connectivity index (χ1v) is 21.8. The zero-order valence-electron chi connectivity index (χ0n) is 32.3. The number of benzene rings is 4. The van der Waals surface area contributed by atoms with Crippen LogP contribution in [0.1, 0.15) is 52.1 Å². The van der Waals surface area contributed by atoms with Crippen LogP contribution in [-0.4, -0.2) is 35.6 Å². The van der Waals surface area contributed by atoms with Gasteiger partial charge in [0, 0.05) is 58.8 Å². The molecule has 0 bridgehead atoms. The largest absolute Gasteiger partial charge is 0.485 e. The summed E-state index contributed by atoms with van der Waals surface area (Å²) in [5.74, 6) is -0.00227. The molecule has 0 aliphatic carbocycles. The second-order valence-corrected chi connectivity index (χ2v) is 18.9. The Labute approximate surface area is 340 Å². The molecule has 4 heterocycles. The van der Waals surface area contributed by atoms with Crippen molar-refractivity contribution >= 4 is 25.6 Å². The van der Waals surface area contributed by atoms with E-state index in [9.17, 15) is 22.4 Å². The molecule has 0 radical (unpaired) electrons. The van der Waals surface area contributed by atoms with Crippen molar-refractivity contribution in [3.63, 3.8) is 0 Å². The summed E-state index contributed by atoms with van der Waals surface area (Å²) in [4.78, 5) is 22.8. The van der Waals surface area contributed by atoms with Gasteiger partial charge in [-0.1, -0.05) is 60.7 Å². The van der Waals surface area contributed by atoms with Gasteiger partial charge in [-0.05, 0) is 79.6 Å². The van der Waals surface area contributed by atoms with E-state index in [1.54, 1.807) is 0 Å². The SMILES string of the molecule is C=C=N[Si](C)(C)C.O=C1CC(c2ccccc2)Oc2cc(F)c(-c3cccnc3F)cc21.[C-]#[N+]/N=C1/CC(c2ccccc2)Oc2cc(F)c(-c3cccnc3F)cc21. The maximum Gasteiger partial charge on any atom is 0.220 e. The minimum atomic E-state index is -1.21. The van der Waals surface area contributed by atoms with Gasteiger partial charge in [-0.25, -0.2) is 18.7 Å². The van der Waals surface area contributed by atoms with Gasteiger partial charge in [-0.3, -0.25) is 9.45 Å². The van der Waals surface area contributed by atoms with E-state index >= 15 is 0 Å². The number of aromatic nitrogens is 2. The van der Waals surface area contributed by atoms with Crippen LogP contribution in [0, 0.1) is 30.1 Å². The van der Waals surface area contributed by atoms with Crippen LogP contribution in [0.3, 0.4) is 0 Å². The van der Waals surface area contributed by atoms with Gasteiger partial charge in [0.1, 0.15) is 41.1 Å². The van der Waals surface area contributed by atoms with Crippen LogP contribution < -0.4 is 9.47 Å². The van der Waals surface area contributed by atoms with E-state index in [0.29, 0.717) is 17.7 Å². The Morgan fingerprint density at radius 2 is 1.15 bits per heavy atom. The molecular weight excluding hydrogens is 775 g/mol. The summed E-state index contributed by atoms with van der Waals surface area (Å²) >= 11 is 0. The molecule has 2 aliphatic heterocycles. The molecule has 0 spiro atoms. The third-order valence-corrected chi connectivity index (χ3v) is 9.89. The van der Waals surface area contributed by atoms with Crippen LogP contribution in [0.4, 0.5) is 17.6 Å². The van der Waals surface area contributed by atoms with E-state index in [1.165, 1.54) is 54.9 Å². The molecule has 296 valence electrons. The molecule has 2 unspecified atom stereocenters. The molecule has 13 heteroatoms. The molecule has 0 N–H and O–H groups in total. The van der Waals surface area contributed by atoms with Crippen molar-refractivity contribution in [2.75, 3.05) is 0 Å². The number of hydrogen-bond acceptors (Lipinski definition) is 7. The Hall–Kier alpha value is -7.00. The van der Waals surface area contributed by atoms with Gasteiger partial charge in [0.25, 0.3) is 0 Å². The van der Waals surface area contributed by atoms with Crippen LogP contribution in [0.25, 0.3) is 27.2 Å². The van der Waals surface area contributed by atoms with Crippen LogP contribution in [0.5, 0.6) is 11.5 Å². The molecule has 0 saturated heterocycles. The molecule has 2 atom stereocenters. The maximum atomic E-state index is 14.7. The van der Waals surface area contributed by atoms with Crippen molar-refractivity contribution in [1.29, 1.82) is 0 Å². The van der Waals surface area contributed by atoms with Crippen LogP contribution in [-0.2, 0) is 0 Å². The number of Topliss-reactive ketones (excluding diaryl/α,β-unsaturated/α-hetero) is 1. The number of halogens is 4. The number of pyridine rings is 2. The van der Waals surface area contributed by atoms with Gasteiger partial charge in [0.2, 0.25) is 11.9 Å². The van der Waals surface area contributed by atoms with Gasteiger partial charge in [-0.2, -0.15) is 15.4 Å². The fraction of sp³-hybridized carbons (Fsp3) is 0.152. The molecule has 0 fully saturated rings. The predicted molar refractivity (Wildman–Crippen MR) is 222 cm³/mol. The first-order chi connectivity index (χ1) is 28.4. The summed E-state index contributed by atoms with van der Waals surface area (Å²) < 4.78 is 72.9. The third kappa shape index (κ3) is 10.1. The van der Waals surface area contributed by atoms with Gasteiger partial charge >= 0.3 is 0 Å². The van der Waals surface area contributed by atoms with Crippen LogP contribution in [0.15, 0.2) is 138 Å². The number of rotatable bonds is 5. The molecule has 0 amide bonds. The van der Waals surface area contributed by atoms with Crippen molar-refractivity contribution in [2.45, 2.75) is 44.7 Å². The highest BCUT2D eigenvalue weighted by Gasteiger charge is 2.31. The zero-order chi connectivity index (χ0) is 42.1. The minimum absolute atomic E-state index is 0.000499. The van der Waals surface area contributed by atoms with Crippen molar-refractivity contribution in [3.05, 3.63) is 185 Å². The Morgan fingerprint density at radius 1 is 0.678 bits per heavy atom. The monoisotopic (exact) mass is 811 g/mol. The number of ketones is 1. The Kier molecular flexibility index (Phi) is 13.1. The molecule has 2 aliphatic rings. The van der Waals surface area contributed by atoms with Gasteiger partial charge in [-0.15, -0.1) is 4.95 Å². The van der Waals surface area contributed by atoms with Crippen molar-refractivity contribution in [1.82, 2.24) is 9.97 Å². The number of carbonyl (C=O) groups excluding carboxylic acids is 1. The average molecular weight is 812 g/mol.